The van der Waals surface area contributed by atoms with Crippen molar-refractivity contribution in [3.8, 4) is 0 Å². The second-order valence-corrected chi connectivity index (χ2v) is 6.02. The number of hydrogen-bond donors (Lipinski definition) is 1. The van der Waals surface area contributed by atoms with Crippen LogP contribution < -0.4 is 10.3 Å². The number of anilines is 1. The summed E-state index contributed by atoms with van der Waals surface area (Å²) in [4.78, 5) is 35.6. The van der Waals surface area contributed by atoms with Gasteiger partial charge in [0.25, 0.3) is 5.91 Å². The lowest BCUT2D eigenvalue weighted by Gasteiger charge is -2.23. The Morgan fingerprint density at radius 3 is 2.39 bits per heavy atom. The average Bonchev–Trinajstić information content (AvgIpc) is 2.66. The second kappa shape index (κ2) is 8.81. The van der Waals surface area contributed by atoms with Crippen molar-refractivity contribution in [3.05, 3.63) is 29.3 Å². The van der Waals surface area contributed by atoms with Crippen molar-refractivity contribution < 1.29 is 36.7 Å². The lowest BCUT2D eigenvalue weighted by molar-refractivity contribution is -0.142. The SMILES string of the molecule is CC[C@@H](C)NC(=O)COC(=O)C1=NN(c2c(F)c(F)cc(F)c2F)C(=O)CC1. The molecule has 0 spiro atoms. The van der Waals surface area contributed by atoms with Crippen LogP contribution in [0.15, 0.2) is 11.2 Å². The van der Waals surface area contributed by atoms with E-state index in [1.54, 1.807) is 6.92 Å². The molecule has 2 rings (SSSR count). The number of benzene rings is 1. The third-order valence-electron chi connectivity index (χ3n) is 3.92. The molecule has 0 aromatic heterocycles. The summed E-state index contributed by atoms with van der Waals surface area (Å²) in [7, 11) is 0. The number of hydrogen-bond acceptors (Lipinski definition) is 5. The largest absolute Gasteiger partial charge is 0.451 e. The summed E-state index contributed by atoms with van der Waals surface area (Å²) in [5.41, 5.74) is -1.80. The highest BCUT2D eigenvalue weighted by atomic mass is 19.2. The van der Waals surface area contributed by atoms with E-state index < -0.39 is 65.5 Å². The smallest absolute Gasteiger partial charge is 0.355 e. The number of ether oxygens (including phenoxy) is 1. The molecule has 7 nitrogen and oxygen atoms in total. The monoisotopic (exact) mass is 403 g/mol. The molecule has 1 aliphatic rings. The second-order valence-electron chi connectivity index (χ2n) is 6.02. The number of nitrogens with zero attached hydrogens (tertiary/aromatic N) is 2. The van der Waals surface area contributed by atoms with Gasteiger partial charge in [0.15, 0.2) is 29.9 Å². The third kappa shape index (κ3) is 4.65. The quantitative estimate of drug-likeness (QED) is 0.448. The Morgan fingerprint density at radius 1 is 1.21 bits per heavy atom. The zero-order chi connectivity index (χ0) is 21.0. The molecule has 0 radical (unpaired) electrons. The highest BCUT2D eigenvalue weighted by molar-refractivity contribution is 6.38. The maximum Gasteiger partial charge on any atom is 0.355 e. The van der Waals surface area contributed by atoms with Crippen LogP contribution in [0.5, 0.6) is 0 Å². The number of rotatable bonds is 6. The molecular formula is C17H17F4N3O4. The maximum atomic E-state index is 13.9. The number of nitrogens with one attached hydrogen (secondary N) is 1. The van der Waals surface area contributed by atoms with Gasteiger partial charge in [0, 0.05) is 24.9 Å². The molecule has 1 aromatic carbocycles. The van der Waals surface area contributed by atoms with E-state index in [1.165, 1.54) is 0 Å². The molecule has 1 N–H and O–H groups in total. The number of halogens is 4. The molecule has 152 valence electrons. The molecular weight excluding hydrogens is 386 g/mol. The Labute approximate surface area is 157 Å². The minimum atomic E-state index is -1.83. The zero-order valence-corrected chi connectivity index (χ0v) is 15.0. The molecule has 0 bridgehead atoms. The van der Waals surface area contributed by atoms with E-state index in [-0.39, 0.29) is 23.5 Å². The molecule has 1 aromatic rings. The van der Waals surface area contributed by atoms with Crippen LogP contribution in [0.4, 0.5) is 23.2 Å². The first-order valence-corrected chi connectivity index (χ1v) is 8.35. The average molecular weight is 403 g/mol. The third-order valence-corrected chi connectivity index (χ3v) is 3.92. The van der Waals surface area contributed by atoms with E-state index in [1.807, 2.05) is 6.92 Å². The standard InChI is InChI=1S/C17H17F4N3O4/c1-3-8(2)22-12(25)7-28-17(27)11-4-5-13(26)24(23-11)16-14(20)9(18)6-10(19)15(16)21/h6,8H,3-5,7H2,1-2H3,(H,22,25)/t8-/m1/s1. The van der Waals surface area contributed by atoms with Gasteiger partial charge in [0.05, 0.1) is 0 Å². The van der Waals surface area contributed by atoms with E-state index in [0.29, 0.717) is 6.42 Å². The van der Waals surface area contributed by atoms with E-state index >= 15 is 0 Å². The summed E-state index contributed by atoms with van der Waals surface area (Å²) in [6.45, 7) is 2.95. The fourth-order valence-corrected chi connectivity index (χ4v) is 2.25. The fraction of sp³-hybridized carbons (Fsp3) is 0.412. The number of hydrazone groups is 1. The van der Waals surface area contributed by atoms with Gasteiger partial charge in [-0.05, 0) is 13.3 Å². The summed E-state index contributed by atoms with van der Waals surface area (Å²) in [5, 5.41) is 6.11. The number of carbonyl (C=O) groups is 3. The maximum absolute atomic E-state index is 13.9. The number of carbonyl (C=O) groups excluding carboxylic acids is 3. The van der Waals surface area contributed by atoms with Crippen molar-refractivity contribution >= 4 is 29.2 Å². The first-order chi connectivity index (χ1) is 13.1. The van der Waals surface area contributed by atoms with Gasteiger partial charge in [-0.15, -0.1) is 0 Å². The first-order valence-electron chi connectivity index (χ1n) is 8.35. The lowest BCUT2D eigenvalue weighted by atomic mass is 10.1. The van der Waals surface area contributed by atoms with Gasteiger partial charge in [0.2, 0.25) is 5.91 Å². The molecule has 1 heterocycles. The Balaban J connectivity index is 2.21. The topological polar surface area (TPSA) is 88.1 Å². The van der Waals surface area contributed by atoms with Crippen LogP contribution in [-0.4, -0.2) is 36.1 Å². The van der Waals surface area contributed by atoms with Crippen LogP contribution in [0.2, 0.25) is 0 Å². The first kappa shape index (κ1) is 21.3. The van der Waals surface area contributed by atoms with Gasteiger partial charge in [0.1, 0.15) is 11.4 Å². The van der Waals surface area contributed by atoms with Gasteiger partial charge >= 0.3 is 5.97 Å². The number of esters is 1. The summed E-state index contributed by atoms with van der Waals surface area (Å²) in [6, 6.07) is -0.155. The Kier molecular flexibility index (Phi) is 6.71. The summed E-state index contributed by atoms with van der Waals surface area (Å²) < 4.78 is 59.4. The Morgan fingerprint density at radius 2 is 1.82 bits per heavy atom. The number of amides is 2. The van der Waals surface area contributed by atoms with Gasteiger partial charge < -0.3 is 10.1 Å². The predicted molar refractivity (Wildman–Crippen MR) is 89.3 cm³/mol. The van der Waals surface area contributed by atoms with E-state index in [4.69, 9.17) is 4.74 Å². The minimum Gasteiger partial charge on any atom is -0.451 e. The molecule has 0 saturated carbocycles. The van der Waals surface area contributed by atoms with Crippen molar-refractivity contribution in [2.45, 2.75) is 39.2 Å². The molecule has 11 heteroatoms. The molecule has 28 heavy (non-hydrogen) atoms. The molecule has 1 atom stereocenters. The van der Waals surface area contributed by atoms with Crippen LogP contribution in [0, 0.1) is 23.3 Å². The Hall–Kier alpha value is -2.98. The van der Waals surface area contributed by atoms with Gasteiger partial charge in [-0.25, -0.2) is 22.4 Å². The van der Waals surface area contributed by atoms with E-state index in [9.17, 15) is 31.9 Å². The van der Waals surface area contributed by atoms with E-state index in [0.717, 1.165) is 0 Å². The summed E-state index contributed by atoms with van der Waals surface area (Å²) >= 11 is 0. The van der Waals surface area contributed by atoms with Crippen LogP contribution >= 0.6 is 0 Å². The van der Waals surface area contributed by atoms with Crippen molar-refractivity contribution in [3.63, 3.8) is 0 Å². The van der Waals surface area contributed by atoms with Gasteiger partial charge in [-0.1, -0.05) is 6.92 Å². The van der Waals surface area contributed by atoms with Gasteiger partial charge in [-0.2, -0.15) is 10.1 Å². The van der Waals surface area contributed by atoms with Crippen LogP contribution in [0.3, 0.4) is 0 Å². The molecule has 0 saturated heterocycles. The highest BCUT2D eigenvalue weighted by Crippen LogP contribution is 2.30. The predicted octanol–water partition coefficient (Wildman–Crippen LogP) is 2.18. The lowest BCUT2D eigenvalue weighted by Crippen LogP contribution is -2.38. The summed E-state index contributed by atoms with van der Waals surface area (Å²) in [5.74, 6) is -9.78. The Bertz CT molecular complexity index is 818. The molecule has 0 fully saturated rings. The highest BCUT2D eigenvalue weighted by Gasteiger charge is 2.33. The zero-order valence-electron chi connectivity index (χ0n) is 15.0. The fourth-order valence-electron chi connectivity index (χ4n) is 2.25. The van der Waals surface area contributed by atoms with Crippen molar-refractivity contribution in [2.75, 3.05) is 11.6 Å². The summed E-state index contributed by atoms with van der Waals surface area (Å²) in [6.07, 6.45) is 0.0109. The van der Waals surface area contributed by atoms with Crippen LogP contribution in [-0.2, 0) is 19.1 Å². The van der Waals surface area contributed by atoms with Crippen LogP contribution in [0.25, 0.3) is 0 Å². The molecule has 0 aliphatic carbocycles. The van der Waals surface area contributed by atoms with E-state index in [2.05, 4.69) is 10.4 Å². The molecule has 0 unspecified atom stereocenters. The van der Waals surface area contributed by atoms with Crippen molar-refractivity contribution in [1.29, 1.82) is 0 Å². The minimum absolute atomic E-state index is 0.0165. The molecule has 2 amide bonds. The molecule has 1 aliphatic heterocycles. The van der Waals surface area contributed by atoms with Crippen molar-refractivity contribution in [2.24, 2.45) is 5.10 Å². The van der Waals surface area contributed by atoms with Crippen molar-refractivity contribution in [1.82, 2.24) is 5.32 Å². The normalized spacial score (nSPS) is 15.1. The van der Waals surface area contributed by atoms with Crippen LogP contribution in [0.1, 0.15) is 33.1 Å². The van der Waals surface area contributed by atoms with Gasteiger partial charge in [-0.3, -0.25) is 9.59 Å².